The summed E-state index contributed by atoms with van der Waals surface area (Å²) in [6.45, 7) is 12.2. The van der Waals surface area contributed by atoms with Crippen LogP contribution in [0.15, 0.2) is 36.4 Å². The quantitative estimate of drug-likeness (QED) is 0.618. The molecule has 4 nitrogen and oxygen atoms in total. The molecule has 0 aliphatic carbocycles. The van der Waals surface area contributed by atoms with Crippen molar-refractivity contribution in [3.05, 3.63) is 48.0 Å². The Morgan fingerprint density at radius 1 is 1.11 bits per heavy atom. The fraction of sp³-hybridized carbons (Fsp3) is 0.435. The molecule has 0 unspecified atom stereocenters. The molecule has 0 heterocycles. The lowest BCUT2D eigenvalue weighted by Crippen LogP contribution is -2.27. The molecule has 5 heteroatoms. The van der Waals surface area contributed by atoms with Crippen LogP contribution in [-0.2, 0) is 10.5 Å². The van der Waals surface area contributed by atoms with Gasteiger partial charge in [0, 0.05) is 33.2 Å². The van der Waals surface area contributed by atoms with E-state index in [2.05, 4.69) is 32.2 Å². The molecular formula is C23H30NO3S. The van der Waals surface area contributed by atoms with Crippen LogP contribution in [0.5, 0.6) is 17.2 Å². The van der Waals surface area contributed by atoms with Gasteiger partial charge in [0.05, 0.1) is 7.11 Å². The lowest BCUT2D eigenvalue weighted by Gasteiger charge is -2.21. The van der Waals surface area contributed by atoms with Crippen molar-refractivity contribution >= 4 is 23.4 Å². The number of amides is 1. The van der Waals surface area contributed by atoms with E-state index in [1.54, 1.807) is 13.2 Å². The van der Waals surface area contributed by atoms with Crippen LogP contribution >= 0.6 is 11.8 Å². The Morgan fingerprint density at radius 2 is 1.82 bits per heavy atom. The minimum atomic E-state index is -0.456. The SMILES string of the molecule is COc1ccc[c]c1Oc1ccc(NC(=O)C(C)(C)C)cc1CSC(C)(C)C. The smallest absolute Gasteiger partial charge is 0.229 e. The van der Waals surface area contributed by atoms with Crippen LogP contribution in [0.3, 0.4) is 0 Å². The molecule has 0 aliphatic heterocycles. The number of hydrogen-bond donors (Lipinski definition) is 1. The van der Waals surface area contributed by atoms with Gasteiger partial charge in [0.2, 0.25) is 5.91 Å². The zero-order valence-electron chi connectivity index (χ0n) is 17.8. The van der Waals surface area contributed by atoms with Gasteiger partial charge < -0.3 is 14.8 Å². The van der Waals surface area contributed by atoms with Gasteiger partial charge in [-0.05, 0) is 24.3 Å². The lowest BCUT2D eigenvalue weighted by molar-refractivity contribution is -0.123. The molecule has 28 heavy (non-hydrogen) atoms. The Labute approximate surface area is 173 Å². The highest BCUT2D eigenvalue weighted by Gasteiger charge is 2.22. The molecular weight excluding hydrogens is 370 g/mol. The number of carbonyl (C=O) groups excluding carboxylic acids is 1. The zero-order chi connectivity index (χ0) is 20.9. The molecule has 0 spiro atoms. The van der Waals surface area contributed by atoms with Crippen molar-refractivity contribution in [3.8, 4) is 17.2 Å². The summed E-state index contributed by atoms with van der Waals surface area (Å²) in [6, 6.07) is 14.3. The summed E-state index contributed by atoms with van der Waals surface area (Å²) in [4.78, 5) is 12.4. The number of rotatable bonds is 6. The Hall–Kier alpha value is -2.14. The summed E-state index contributed by atoms with van der Waals surface area (Å²) in [5.74, 6) is 2.63. The number of thioether (sulfide) groups is 1. The third kappa shape index (κ3) is 6.48. The number of anilines is 1. The lowest BCUT2D eigenvalue weighted by atomic mass is 9.95. The molecule has 0 fully saturated rings. The second kappa shape index (κ2) is 8.91. The third-order valence-corrected chi connectivity index (χ3v) is 5.20. The van der Waals surface area contributed by atoms with Gasteiger partial charge >= 0.3 is 0 Å². The van der Waals surface area contributed by atoms with E-state index in [0.29, 0.717) is 11.5 Å². The highest BCUT2D eigenvalue weighted by atomic mass is 32.2. The van der Waals surface area contributed by atoms with Crippen molar-refractivity contribution < 1.29 is 14.3 Å². The summed E-state index contributed by atoms with van der Waals surface area (Å²) in [5, 5.41) is 3.00. The monoisotopic (exact) mass is 400 g/mol. The van der Waals surface area contributed by atoms with Crippen LogP contribution < -0.4 is 14.8 Å². The molecule has 2 rings (SSSR count). The summed E-state index contributed by atoms with van der Waals surface area (Å²) < 4.78 is 11.6. The fourth-order valence-electron chi connectivity index (χ4n) is 2.24. The van der Waals surface area contributed by atoms with Crippen molar-refractivity contribution in [2.24, 2.45) is 5.41 Å². The van der Waals surface area contributed by atoms with Gasteiger partial charge in [0.1, 0.15) is 5.75 Å². The maximum atomic E-state index is 12.4. The molecule has 2 aromatic carbocycles. The number of nitrogens with one attached hydrogen (secondary N) is 1. The van der Waals surface area contributed by atoms with Gasteiger partial charge in [0.15, 0.2) is 11.5 Å². The first kappa shape index (κ1) is 22.2. The average molecular weight is 401 g/mol. The van der Waals surface area contributed by atoms with Crippen molar-refractivity contribution in [2.75, 3.05) is 12.4 Å². The van der Waals surface area contributed by atoms with Crippen molar-refractivity contribution in [1.29, 1.82) is 0 Å². The summed E-state index contributed by atoms with van der Waals surface area (Å²) >= 11 is 1.82. The van der Waals surface area contributed by atoms with Crippen LogP contribution in [0.4, 0.5) is 5.69 Å². The molecule has 1 radical (unpaired) electrons. The van der Waals surface area contributed by atoms with Crippen LogP contribution in [0.2, 0.25) is 0 Å². The standard InChI is InChI=1S/C23H30NO3S/c1-22(2,3)21(25)24-17-12-13-18(16(14-17)15-28-23(4,5)6)27-20-11-9-8-10-19(20)26-7/h8-10,12-14H,15H2,1-7H3,(H,24,25). The van der Waals surface area contributed by atoms with Gasteiger partial charge in [0.25, 0.3) is 0 Å². The van der Waals surface area contributed by atoms with Crippen LogP contribution in [0.1, 0.15) is 47.1 Å². The predicted molar refractivity (Wildman–Crippen MR) is 117 cm³/mol. The fourth-order valence-corrected chi connectivity index (χ4v) is 3.05. The van der Waals surface area contributed by atoms with Crippen molar-refractivity contribution in [2.45, 2.75) is 52.0 Å². The van der Waals surface area contributed by atoms with Gasteiger partial charge in [-0.15, -0.1) is 0 Å². The molecule has 0 aliphatic rings. The molecule has 0 bridgehead atoms. The van der Waals surface area contributed by atoms with Gasteiger partial charge in [-0.3, -0.25) is 4.79 Å². The molecule has 1 N–H and O–H groups in total. The van der Waals surface area contributed by atoms with E-state index < -0.39 is 5.41 Å². The predicted octanol–water partition coefficient (Wildman–Crippen LogP) is 6.30. The minimum absolute atomic E-state index is 0.0198. The highest BCUT2D eigenvalue weighted by Crippen LogP contribution is 2.37. The first-order chi connectivity index (χ1) is 13.0. The number of para-hydroxylation sites is 1. The van der Waals surface area contributed by atoms with E-state index in [4.69, 9.17) is 9.47 Å². The molecule has 0 atom stereocenters. The van der Waals surface area contributed by atoms with Gasteiger partial charge in [-0.1, -0.05) is 53.7 Å². The topological polar surface area (TPSA) is 47.6 Å². The van der Waals surface area contributed by atoms with Gasteiger partial charge in [-0.2, -0.15) is 11.8 Å². The second-order valence-electron chi connectivity index (χ2n) is 8.60. The first-order valence-corrected chi connectivity index (χ1v) is 10.3. The number of carbonyl (C=O) groups is 1. The number of ether oxygens (including phenoxy) is 2. The maximum absolute atomic E-state index is 12.4. The second-order valence-corrected chi connectivity index (χ2v) is 10.4. The molecule has 0 aromatic heterocycles. The normalized spacial score (nSPS) is 11.8. The Balaban J connectivity index is 2.33. The molecule has 2 aromatic rings. The Morgan fingerprint density at radius 3 is 2.43 bits per heavy atom. The maximum Gasteiger partial charge on any atom is 0.229 e. The zero-order valence-corrected chi connectivity index (χ0v) is 18.6. The van der Waals surface area contributed by atoms with E-state index in [1.807, 2.05) is 62.9 Å². The largest absolute Gasteiger partial charge is 0.493 e. The summed E-state index contributed by atoms with van der Waals surface area (Å²) in [5.41, 5.74) is 1.31. The molecule has 1 amide bonds. The van der Waals surface area contributed by atoms with Crippen LogP contribution in [-0.4, -0.2) is 17.8 Å². The van der Waals surface area contributed by atoms with Crippen LogP contribution in [0.25, 0.3) is 0 Å². The molecule has 0 saturated heterocycles. The Kier molecular flexibility index (Phi) is 7.05. The summed E-state index contributed by atoms with van der Waals surface area (Å²) in [7, 11) is 1.61. The van der Waals surface area contributed by atoms with E-state index in [0.717, 1.165) is 22.8 Å². The Bertz CT molecular complexity index is 819. The third-order valence-electron chi connectivity index (χ3n) is 3.87. The summed E-state index contributed by atoms with van der Waals surface area (Å²) in [6.07, 6.45) is 0. The highest BCUT2D eigenvalue weighted by molar-refractivity contribution is 7.99. The van der Waals surface area contributed by atoms with Gasteiger partial charge in [-0.25, -0.2) is 0 Å². The van der Waals surface area contributed by atoms with E-state index in [1.165, 1.54) is 0 Å². The van der Waals surface area contributed by atoms with E-state index in [-0.39, 0.29) is 10.7 Å². The van der Waals surface area contributed by atoms with Crippen molar-refractivity contribution in [3.63, 3.8) is 0 Å². The number of benzene rings is 2. The van der Waals surface area contributed by atoms with E-state index >= 15 is 0 Å². The number of methoxy groups -OCH3 is 1. The number of hydrogen-bond acceptors (Lipinski definition) is 4. The van der Waals surface area contributed by atoms with Crippen molar-refractivity contribution in [1.82, 2.24) is 0 Å². The van der Waals surface area contributed by atoms with E-state index in [9.17, 15) is 4.79 Å². The molecule has 151 valence electrons. The minimum Gasteiger partial charge on any atom is -0.493 e. The molecule has 0 saturated carbocycles. The first-order valence-electron chi connectivity index (χ1n) is 9.30. The average Bonchev–Trinajstić information content (AvgIpc) is 2.60. The van der Waals surface area contributed by atoms with Crippen LogP contribution in [0, 0.1) is 11.5 Å².